The van der Waals surface area contributed by atoms with Gasteiger partial charge in [0.25, 0.3) is 0 Å². The third-order valence-corrected chi connectivity index (χ3v) is 7.93. The molecular weight excluding hydrogens is 474 g/mol. The van der Waals surface area contributed by atoms with E-state index in [-0.39, 0.29) is 0 Å². The molecule has 38 heavy (non-hydrogen) atoms. The number of benzene rings is 3. The Morgan fingerprint density at radius 1 is 0.895 bits per heavy atom. The predicted octanol–water partition coefficient (Wildman–Crippen LogP) is 6.15. The number of morpholine rings is 1. The number of aliphatic hydroxyl groups excluding tert-OH is 1. The molecule has 0 amide bonds. The zero-order valence-corrected chi connectivity index (χ0v) is 22.6. The van der Waals surface area contributed by atoms with Gasteiger partial charge in [0, 0.05) is 42.6 Å². The maximum absolute atomic E-state index is 9.85. The molecule has 2 saturated heterocycles. The summed E-state index contributed by atoms with van der Waals surface area (Å²) in [7, 11) is 0. The molecule has 3 aromatic carbocycles. The van der Waals surface area contributed by atoms with Gasteiger partial charge in [-0.15, -0.1) is 5.11 Å². The molecule has 0 aromatic heterocycles. The third-order valence-electron chi connectivity index (χ3n) is 7.93. The van der Waals surface area contributed by atoms with Gasteiger partial charge in [-0.25, -0.2) is 0 Å². The number of ether oxygens (including phenoxy) is 1. The molecule has 7 nitrogen and oxygen atoms in total. The minimum Gasteiger partial charge on any atom is -0.389 e. The molecule has 1 atom stereocenters. The lowest BCUT2D eigenvalue weighted by molar-refractivity contribution is 0.0336. The highest BCUT2D eigenvalue weighted by molar-refractivity contribution is 6.00. The Bertz CT molecular complexity index is 1200. The van der Waals surface area contributed by atoms with E-state index in [0.29, 0.717) is 0 Å². The summed E-state index contributed by atoms with van der Waals surface area (Å²) in [6, 6.07) is 20.1. The van der Waals surface area contributed by atoms with E-state index < -0.39 is 6.10 Å². The van der Waals surface area contributed by atoms with E-state index in [2.05, 4.69) is 49.6 Å². The third kappa shape index (κ3) is 7.17. The number of azo groups is 1. The van der Waals surface area contributed by atoms with E-state index in [1.54, 1.807) is 6.92 Å². The molecule has 2 heterocycles. The number of likely N-dealkylation sites (tertiary alicyclic amines) is 1. The number of hydrogen-bond acceptors (Lipinski definition) is 7. The fraction of sp³-hybridized carbons (Fsp3) is 0.484. The maximum atomic E-state index is 9.85. The minimum atomic E-state index is -0.525. The van der Waals surface area contributed by atoms with Crippen LogP contribution in [0.15, 0.2) is 70.9 Å². The van der Waals surface area contributed by atoms with E-state index in [4.69, 9.17) is 4.74 Å². The summed E-state index contributed by atoms with van der Waals surface area (Å²) in [5.41, 5.74) is 3.55. The van der Waals surface area contributed by atoms with Crippen molar-refractivity contribution < 1.29 is 9.84 Å². The number of piperidine rings is 1. The van der Waals surface area contributed by atoms with Crippen LogP contribution in [0, 0.1) is 5.92 Å². The number of hydrogen-bond donors (Lipinski definition) is 2. The van der Waals surface area contributed by atoms with Crippen molar-refractivity contribution in [3.05, 3.63) is 66.2 Å². The summed E-state index contributed by atoms with van der Waals surface area (Å²) in [5, 5.41) is 24.8. The smallest absolute Gasteiger partial charge is 0.0936 e. The van der Waals surface area contributed by atoms with Gasteiger partial charge < -0.3 is 20.1 Å². The van der Waals surface area contributed by atoms with Crippen LogP contribution in [-0.4, -0.2) is 73.9 Å². The highest BCUT2D eigenvalue weighted by Crippen LogP contribution is 2.33. The Kier molecular flexibility index (Phi) is 9.36. The lowest BCUT2D eigenvalue weighted by Crippen LogP contribution is -2.40. The number of nitrogens with zero attached hydrogens (tertiary/aromatic N) is 4. The number of nitrogens with one attached hydrogen (secondary N) is 1. The molecule has 7 heteroatoms. The molecule has 0 spiro atoms. The maximum Gasteiger partial charge on any atom is 0.0936 e. The quantitative estimate of drug-likeness (QED) is 0.317. The molecule has 1 unspecified atom stereocenters. The zero-order valence-electron chi connectivity index (χ0n) is 22.6. The number of fused-ring (bicyclic) bond motifs is 1. The first kappa shape index (κ1) is 26.8. The normalized spacial score (nSPS) is 18.8. The highest BCUT2D eigenvalue weighted by atomic mass is 16.5. The van der Waals surface area contributed by atoms with Crippen LogP contribution in [0.4, 0.5) is 17.1 Å². The van der Waals surface area contributed by atoms with Gasteiger partial charge in [-0.05, 0) is 81.6 Å². The highest BCUT2D eigenvalue weighted by Gasteiger charge is 2.20. The van der Waals surface area contributed by atoms with Gasteiger partial charge in [-0.2, -0.15) is 5.11 Å². The molecule has 5 rings (SSSR count). The summed E-state index contributed by atoms with van der Waals surface area (Å²) in [6.07, 6.45) is 3.43. The predicted molar refractivity (Wildman–Crippen MR) is 155 cm³/mol. The molecule has 2 aliphatic rings. The fourth-order valence-corrected chi connectivity index (χ4v) is 5.52. The van der Waals surface area contributed by atoms with Crippen molar-refractivity contribution in [1.82, 2.24) is 9.80 Å². The Labute approximate surface area is 226 Å². The van der Waals surface area contributed by atoms with E-state index in [1.807, 2.05) is 36.4 Å². The van der Waals surface area contributed by atoms with Crippen LogP contribution >= 0.6 is 0 Å². The molecule has 0 bridgehead atoms. The van der Waals surface area contributed by atoms with E-state index in [9.17, 15) is 5.11 Å². The summed E-state index contributed by atoms with van der Waals surface area (Å²) in [5.74, 6) is 0.863. The van der Waals surface area contributed by atoms with Crippen molar-refractivity contribution in [2.24, 2.45) is 16.1 Å². The van der Waals surface area contributed by atoms with Gasteiger partial charge in [0.2, 0.25) is 0 Å². The summed E-state index contributed by atoms with van der Waals surface area (Å²) < 4.78 is 5.47. The fourth-order valence-electron chi connectivity index (χ4n) is 5.52. The van der Waals surface area contributed by atoms with Gasteiger partial charge in [0.05, 0.1) is 30.7 Å². The Morgan fingerprint density at radius 2 is 1.66 bits per heavy atom. The van der Waals surface area contributed by atoms with E-state index in [1.165, 1.54) is 38.9 Å². The first-order chi connectivity index (χ1) is 18.7. The second-order valence-corrected chi connectivity index (χ2v) is 10.6. The second kappa shape index (κ2) is 13.3. The summed E-state index contributed by atoms with van der Waals surface area (Å²) in [4.78, 5) is 5.16. The van der Waals surface area contributed by atoms with Crippen molar-refractivity contribution in [2.75, 3.05) is 64.3 Å². The number of rotatable bonds is 10. The number of anilines is 1. The summed E-state index contributed by atoms with van der Waals surface area (Å²) >= 11 is 0. The molecular formula is C31H41N5O2. The standard InChI is InChI=1S/C31H41N5O2/c1-24(37)26-5-4-6-27(23-26)33-34-31-10-9-30(28-7-2-3-8-29(28)31)32-14-18-35-15-11-25(12-16-35)13-17-36-19-21-38-22-20-36/h2-10,23-25,32,37H,11-22H2,1H3. The van der Waals surface area contributed by atoms with Crippen LogP contribution in [0.5, 0.6) is 0 Å². The molecule has 2 N–H and O–H groups in total. The number of aliphatic hydroxyl groups is 1. The minimum absolute atomic E-state index is 0.525. The Balaban J connectivity index is 1.13. The molecule has 3 aromatic rings. The SMILES string of the molecule is CC(O)c1cccc(N=Nc2ccc(NCCN3CCC(CCN4CCOCC4)CC3)c3ccccc23)c1. The van der Waals surface area contributed by atoms with Crippen molar-refractivity contribution in [1.29, 1.82) is 0 Å². The van der Waals surface area contributed by atoms with Crippen molar-refractivity contribution in [3.63, 3.8) is 0 Å². The average Bonchev–Trinajstić information content (AvgIpc) is 2.97. The van der Waals surface area contributed by atoms with Gasteiger partial charge in [0.15, 0.2) is 0 Å². The van der Waals surface area contributed by atoms with Crippen LogP contribution in [0.1, 0.15) is 37.9 Å². The van der Waals surface area contributed by atoms with Crippen molar-refractivity contribution >= 4 is 27.8 Å². The second-order valence-electron chi connectivity index (χ2n) is 10.6. The molecule has 0 saturated carbocycles. The van der Waals surface area contributed by atoms with E-state index >= 15 is 0 Å². The summed E-state index contributed by atoms with van der Waals surface area (Å²) in [6.45, 7) is 11.4. The molecule has 0 aliphatic carbocycles. The molecule has 0 radical (unpaired) electrons. The van der Waals surface area contributed by atoms with Gasteiger partial charge in [0.1, 0.15) is 0 Å². The Hall–Kier alpha value is -2.84. The topological polar surface area (TPSA) is 72.7 Å². The van der Waals surface area contributed by atoms with Crippen LogP contribution < -0.4 is 5.32 Å². The lowest BCUT2D eigenvalue weighted by Gasteiger charge is -2.34. The Morgan fingerprint density at radius 3 is 2.45 bits per heavy atom. The van der Waals surface area contributed by atoms with Crippen LogP contribution in [0.2, 0.25) is 0 Å². The van der Waals surface area contributed by atoms with Crippen LogP contribution in [0.25, 0.3) is 10.8 Å². The van der Waals surface area contributed by atoms with Gasteiger partial charge in [-0.3, -0.25) is 4.90 Å². The largest absolute Gasteiger partial charge is 0.389 e. The zero-order chi connectivity index (χ0) is 26.2. The lowest BCUT2D eigenvalue weighted by atomic mass is 9.93. The van der Waals surface area contributed by atoms with Crippen molar-refractivity contribution in [3.8, 4) is 0 Å². The monoisotopic (exact) mass is 515 g/mol. The van der Waals surface area contributed by atoms with Gasteiger partial charge in [-0.1, -0.05) is 36.4 Å². The van der Waals surface area contributed by atoms with Crippen LogP contribution in [-0.2, 0) is 4.74 Å². The average molecular weight is 516 g/mol. The molecule has 2 fully saturated rings. The van der Waals surface area contributed by atoms with Gasteiger partial charge >= 0.3 is 0 Å². The molecule has 2 aliphatic heterocycles. The van der Waals surface area contributed by atoms with E-state index in [0.717, 1.165) is 78.7 Å². The van der Waals surface area contributed by atoms with Crippen molar-refractivity contribution in [2.45, 2.75) is 32.3 Å². The molecule has 202 valence electrons. The van der Waals surface area contributed by atoms with Crippen LogP contribution in [0.3, 0.4) is 0 Å². The first-order valence-electron chi connectivity index (χ1n) is 14.1. The first-order valence-corrected chi connectivity index (χ1v) is 14.1.